The maximum Gasteiger partial charge on any atom is 0.245 e. The fourth-order valence-electron chi connectivity index (χ4n) is 2.29. The van der Waals surface area contributed by atoms with Crippen LogP contribution in [0.4, 0.5) is 0 Å². The van der Waals surface area contributed by atoms with Crippen LogP contribution in [0, 0.1) is 0 Å². The number of hydrogen-bond acceptors (Lipinski definition) is 3. The van der Waals surface area contributed by atoms with E-state index in [4.69, 9.17) is 0 Å². The van der Waals surface area contributed by atoms with Crippen LogP contribution in [0.25, 0.3) is 10.9 Å². The zero-order valence-electron chi connectivity index (χ0n) is 9.89. The summed E-state index contributed by atoms with van der Waals surface area (Å²) < 4.78 is 26.7. The van der Waals surface area contributed by atoms with Gasteiger partial charge in [-0.05, 0) is 12.1 Å². The van der Waals surface area contributed by atoms with Gasteiger partial charge in [-0.25, -0.2) is 8.42 Å². The lowest BCUT2D eigenvalue weighted by Crippen LogP contribution is -2.46. The van der Waals surface area contributed by atoms with E-state index in [9.17, 15) is 8.42 Å². The fourth-order valence-corrected chi connectivity index (χ4v) is 3.92. The largest absolute Gasteiger partial charge is 0.360 e. The Morgan fingerprint density at radius 3 is 2.67 bits per heavy atom. The number of H-pyrrole nitrogens is 1. The lowest BCUT2D eigenvalue weighted by molar-refractivity contribution is 0.360. The van der Waals surface area contributed by atoms with Crippen LogP contribution in [0.2, 0.25) is 0 Å². The predicted molar refractivity (Wildman–Crippen MR) is 69.9 cm³/mol. The Balaban J connectivity index is 2.10. The zero-order chi connectivity index (χ0) is 12.6. The second-order valence-corrected chi connectivity index (χ2v) is 6.26. The Labute approximate surface area is 106 Å². The second-order valence-electron chi connectivity index (χ2n) is 4.35. The maximum absolute atomic E-state index is 12.6. The number of hydrogen-bond donors (Lipinski definition) is 2. The maximum atomic E-state index is 12.6. The Hall–Kier alpha value is -1.37. The van der Waals surface area contributed by atoms with Crippen molar-refractivity contribution in [3.05, 3.63) is 30.5 Å². The van der Waals surface area contributed by atoms with Crippen molar-refractivity contribution in [2.75, 3.05) is 26.2 Å². The van der Waals surface area contributed by atoms with Crippen LogP contribution >= 0.6 is 0 Å². The van der Waals surface area contributed by atoms with E-state index < -0.39 is 10.0 Å². The van der Waals surface area contributed by atoms with Gasteiger partial charge < -0.3 is 10.3 Å². The summed E-state index contributed by atoms with van der Waals surface area (Å²) in [6.45, 7) is 2.47. The number of para-hydroxylation sites is 1. The highest BCUT2D eigenvalue weighted by Crippen LogP contribution is 2.24. The molecule has 0 spiro atoms. The van der Waals surface area contributed by atoms with Crippen LogP contribution in [0.15, 0.2) is 35.4 Å². The first-order valence-electron chi connectivity index (χ1n) is 5.96. The molecule has 6 heteroatoms. The zero-order valence-corrected chi connectivity index (χ0v) is 10.7. The second kappa shape index (κ2) is 4.38. The molecule has 0 amide bonds. The van der Waals surface area contributed by atoms with Gasteiger partial charge in [0.2, 0.25) is 10.0 Å². The highest BCUT2D eigenvalue weighted by molar-refractivity contribution is 7.89. The van der Waals surface area contributed by atoms with Crippen LogP contribution in [-0.4, -0.2) is 43.9 Å². The van der Waals surface area contributed by atoms with Crippen molar-refractivity contribution >= 4 is 20.9 Å². The van der Waals surface area contributed by atoms with E-state index in [1.807, 2.05) is 12.1 Å². The molecule has 1 aromatic carbocycles. The molecule has 1 saturated heterocycles. The van der Waals surface area contributed by atoms with E-state index in [-0.39, 0.29) is 0 Å². The highest BCUT2D eigenvalue weighted by atomic mass is 32.2. The molecule has 18 heavy (non-hydrogen) atoms. The minimum absolute atomic E-state index is 0.368. The van der Waals surface area contributed by atoms with Crippen LogP contribution < -0.4 is 5.32 Å². The van der Waals surface area contributed by atoms with Gasteiger partial charge >= 0.3 is 0 Å². The molecule has 1 aliphatic rings. The Morgan fingerprint density at radius 1 is 1.11 bits per heavy atom. The number of fused-ring (bicyclic) bond motifs is 1. The molecule has 3 rings (SSSR count). The number of piperazine rings is 1. The molecule has 2 aromatic rings. The molecule has 0 aliphatic carbocycles. The first-order chi connectivity index (χ1) is 8.69. The summed E-state index contributed by atoms with van der Waals surface area (Å²) in [7, 11) is -3.40. The summed E-state index contributed by atoms with van der Waals surface area (Å²) >= 11 is 0. The minimum Gasteiger partial charge on any atom is -0.360 e. The van der Waals surface area contributed by atoms with Crippen molar-refractivity contribution in [2.45, 2.75) is 4.90 Å². The molecule has 1 aromatic heterocycles. The van der Waals surface area contributed by atoms with Gasteiger partial charge in [-0.15, -0.1) is 0 Å². The molecule has 0 unspecified atom stereocenters. The van der Waals surface area contributed by atoms with Crippen molar-refractivity contribution in [2.24, 2.45) is 0 Å². The van der Waals surface area contributed by atoms with Gasteiger partial charge in [-0.3, -0.25) is 0 Å². The number of benzene rings is 1. The standard InChI is InChI=1S/C12H15N3O2S/c16-18(17,15-8-6-13-7-9-15)11-3-1-2-10-4-5-14-12(10)11/h1-5,13-14H,6-9H2. The van der Waals surface area contributed by atoms with Gasteiger partial charge in [0.05, 0.1) is 5.52 Å². The summed E-state index contributed by atoms with van der Waals surface area (Å²) in [5, 5.41) is 4.08. The van der Waals surface area contributed by atoms with E-state index in [0.717, 1.165) is 5.39 Å². The lowest BCUT2D eigenvalue weighted by Gasteiger charge is -2.26. The molecule has 0 radical (unpaired) electrons. The van der Waals surface area contributed by atoms with Gasteiger partial charge in [-0.2, -0.15) is 4.31 Å². The van der Waals surface area contributed by atoms with E-state index >= 15 is 0 Å². The third-order valence-corrected chi connectivity index (χ3v) is 5.18. The molecule has 1 fully saturated rings. The van der Waals surface area contributed by atoms with E-state index in [2.05, 4.69) is 10.3 Å². The van der Waals surface area contributed by atoms with E-state index in [1.165, 1.54) is 0 Å². The topological polar surface area (TPSA) is 65.2 Å². The average Bonchev–Trinajstić information content (AvgIpc) is 2.87. The third kappa shape index (κ3) is 1.82. The molecule has 0 bridgehead atoms. The van der Waals surface area contributed by atoms with Crippen molar-refractivity contribution < 1.29 is 8.42 Å². The molecule has 2 N–H and O–H groups in total. The number of nitrogens with one attached hydrogen (secondary N) is 2. The molecule has 96 valence electrons. The third-order valence-electron chi connectivity index (χ3n) is 3.24. The summed E-state index contributed by atoms with van der Waals surface area (Å²) in [5.41, 5.74) is 0.691. The van der Waals surface area contributed by atoms with Crippen molar-refractivity contribution in [3.8, 4) is 0 Å². The minimum atomic E-state index is -3.40. The quantitative estimate of drug-likeness (QED) is 0.842. The molecule has 0 atom stereocenters. The van der Waals surface area contributed by atoms with Gasteiger partial charge in [0.25, 0.3) is 0 Å². The van der Waals surface area contributed by atoms with Crippen molar-refractivity contribution in [1.29, 1.82) is 0 Å². The van der Waals surface area contributed by atoms with Crippen LogP contribution in [0.3, 0.4) is 0 Å². The number of sulfonamides is 1. The average molecular weight is 265 g/mol. The predicted octanol–water partition coefficient (Wildman–Crippen LogP) is 0.762. The number of nitrogens with zero attached hydrogens (tertiary/aromatic N) is 1. The Bertz CT molecular complexity index is 657. The number of aromatic nitrogens is 1. The van der Waals surface area contributed by atoms with Crippen LogP contribution in [-0.2, 0) is 10.0 Å². The van der Waals surface area contributed by atoms with Crippen molar-refractivity contribution in [1.82, 2.24) is 14.6 Å². The summed E-state index contributed by atoms with van der Waals surface area (Å²) in [4.78, 5) is 3.38. The van der Waals surface area contributed by atoms with E-state index in [0.29, 0.717) is 36.6 Å². The fraction of sp³-hybridized carbons (Fsp3) is 0.333. The smallest absolute Gasteiger partial charge is 0.245 e. The number of aromatic amines is 1. The molecular formula is C12H15N3O2S. The SMILES string of the molecule is O=S(=O)(c1cccc2cc[nH]c12)N1CCNCC1. The molecule has 0 saturated carbocycles. The van der Waals surface area contributed by atoms with E-state index in [1.54, 1.807) is 22.6 Å². The van der Waals surface area contributed by atoms with Gasteiger partial charge in [-0.1, -0.05) is 12.1 Å². The number of rotatable bonds is 2. The van der Waals surface area contributed by atoms with Crippen LogP contribution in [0.1, 0.15) is 0 Å². The Kier molecular flexibility index (Phi) is 2.85. The summed E-state index contributed by atoms with van der Waals surface area (Å²) in [6.07, 6.45) is 1.77. The Morgan fingerprint density at radius 2 is 1.89 bits per heavy atom. The first-order valence-corrected chi connectivity index (χ1v) is 7.40. The van der Waals surface area contributed by atoms with Gasteiger partial charge in [0.1, 0.15) is 4.90 Å². The summed E-state index contributed by atoms with van der Waals surface area (Å²) in [6, 6.07) is 7.23. The highest BCUT2D eigenvalue weighted by Gasteiger charge is 2.27. The van der Waals surface area contributed by atoms with Crippen LogP contribution in [0.5, 0.6) is 0 Å². The monoisotopic (exact) mass is 265 g/mol. The molecule has 1 aliphatic heterocycles. The lowest BCUT2D eigenvalue weighted by atomic mass is 10.2. The molecule has 5 nitrogen and oxygen atoms in total. The van der Waals surface area contributed by atoms with Crippen molar-refractivity contribution in [3.63, 3.8) is 0 Å². The van der Waals surface area contributed by atoms with Gasteiger partial charge in [0.15, 0.2) is 0 Å². The first kappa shape index (κ1) is 11.7. The normalized spacial score (nSPS) is 18.2. The molecular weight excluding hydrogens is 250 g/mol. The molecule has 2 heterocycles. The van der Waals surface area contributed by atoms with Gasteiger partial charge in [0, 0.05) is 37.8 Å². The summed E-state index contributed by atoms with van der Waals surface area (Å²) in [5.74, 6) is 0.